The molecule has 0 aliphatic rings. The molecule has 0 unspecified atom stereocenters. The van der Waals surface area contributed by atoms with Crippen LogP contribution in [-0.2, 0) is 11.3 Å². The number of rotatable bonds is 7. The van der Waals surface area contributed by atoms with Crippen LogP contribution in [-0.4, -0.2) is 18.4 Å². The summed E-state index contributed by atoms with van der Waals surface area (Å²) in [6, 6.07) is 18.1. The fourth-order valence-electron chi connectivity index (χ4n) is 2.51. The van der Waals surface area contributed by atoms with Gasteiger partial charge < -0.3 is 9.47 Å². The number of ketones is 1. The van der Waals surface area contributed by atoms with Gasteiger partial charge in [-0.2, -0.15) is 0 Å². The monoisotopic (exact) mass is 448 g/mol. The number of hydrogen-bond acceptors (Lipinski definition) is 4. The molecule has 4 nitrogen and oxygen atoms in total. The Balaban J connectivity index is 1.66. The van der Waals surface area contributed by atoms with Gasteiger partial charge in [-0.15, -0.1) is 0 Å². The fraction of sp³-hybridized carbons (Fsp3) is 0.0909. The molecule has 0 spiro atoms. The quantitative estimate of drug-likeness (QED) is 0.315. The van der Waals surface area contributed by atoms with Gasteiger partial charge in [0.15, 0.2) is 12.4 Å². The molecule has 0 fully saturated rings. The molecule has 3 aromatic rings. The number of carbonyl (C=O) groups is 2. The summed E-state index contributed by atoms with van der Waals surface area (Å²) in [5.74, 6) is -0.705. The third-order valence-corrected chi connectivity index (χ3v) is 4.81. The van der Waals surface area contributed by atoms with E-state index in [4.69, 9.17) is 44.3 Å². The Morgan fingerprint density at radius 2 is 1.59 bits per heavy atom. The van der Waals surface area contributed by atoms with Crippen LogP contribution in [0.1, 0.15) is 26.3 Å². The van der Waals surface area contributed by atoms with E-state index in [-0.39, 0.29) is 18.0 Å². The van der Waals surface area contributed by atoms with E-state index in [0.29, 0.717) is 26.4 Å². The Morgan fingerprint density at radius 3 is 2.34 bits per heavy atom. The third-order valence-electron chi connectivity index (χ3n) is 3.99. The minimum atomic E-state index is -0.668. The molecule has 0 heterocycles. The zero-order valence-corrected chi connectivity index (χ0v) is 17.3. The summed E-state index contributed by atoms with van der Waals surface area (Å²) >= 11 is 17.9. The average Bonchev–Trinajstić information content (AvgIpc) is 2.71. The molecule has 0 amide bonds. The molecule has 0 atom stereocenters. The highest BCUT2D eigenvalue weighted by molar-refractivity contribution is 6.35. The Kier molecular flexibility index (Phi) is 7.15. The molecule has 0 N–H and O–H groups in total. The van der Waals surface area contributed by atoms with Gasteiger partial charge in [-0.3, -0.25) is 4.79 Å². The van der Waals surface area contributed by atoms with E-state index in [0.717, 1.165) is 5.56 Å². The summed E-state index contributed by atoms with van der Waals surface area (Å²) in [5.41, 5.74) is 1.29. The summed E-state index contributed by atoms with van der Waals surface area (Å²) in [5, 5.41) is 1.42. The van der Waals surface area contributed by atoms with Crippen LogP contribution < -0.4 is 4.74 Å². The Labute approximate surface area is 182 Å². The highest BCUT2D eigenvalue weighted by Crippen LogP contribution is 2.25. The molecule has 0 saturated heterocycles. The van der Waals surface area contributed by atoms with E-state index < -0.39 is 12.6 Å². The zero-order valence-electron chi connectivity index (χ0n) is 15.0. The normalized spacial score (nSPS) is 10.4. The second kappa shape index (κ2) is 9.79. The van der Waals surface area contributed by atoms with Crippen molar-refractivity contribution in [2.75, 3.05) is 6.61 Å². The predicted octanol–water partition coefficient (Wildman–Crippen LogP) is 6.27. The van der Waals surface area contributed by atoms with Gasteiger partial charge in [0.1, 0.15) is 17.9 Å². The molecule has 29 heavy (non-hydrogen) atoms. The molecular weight excluding hydrogens is 435 g/mol. The van der Waals surface area contributed by atoms with Crippen molar-refractivity contribution in [3.8, 4) is 5.75 Å². The van der Waals surface area contributed by atoms with Gasteiger partial charge in [0.2, 0.25) is 0 Å². The number of ether oxygens (including phenoxy) is 2. The number of hydrogen-bond donors (Lipinski definition) is 0. The minimum absolute atomic E-state index is 0.141. The Bertz CT molecular complexity index is 1050. The van der Waals surface area contributed by atoms with Crippen LogP contribution in [0.15, 0.2) is 66.7 Å². The van der Waals surface area contributed by atoms with Crippen molar-refractivity contribution >= 4 is 46.6 Å². The van der Waals surface area contributed by atoms with Crippen molar-refractivity contribution in [3.05, 3.63) is 98.5 Å². The number of para-hydroxylation sites is 1. The van der Waals surface area contributed by atoms with Crippen molar-refractivity contribution < 1.29 is 19.1 Å². The molecular formula is C22H15Cl3O4. The van der Waals surface area contributed by atoms with Crippen LogP contribution in [0.5, 0.6) is 5.75 Å². The number of halogens is 3. The third kappa shape index (κ3) is 5.73. The summed E-state index contributed by atoms with van der Waals surface area (Å²) in [6.45, 7) is -0.266. The van der Waals surface area contributed by atoms with E-state index >= 15 is 0 Å². The van der Waals surface area contributed by atoms with E-state index in [9.17, 15) is 9.59 Å². The van der Waals surface area contributed by atoms with Gasteiger partial charge in [0, 0.05) is 26.2 Å². The maximum atomic E-state index is 12.5. The Hall–Kier alpha value is -2.53. The summed E-state index contributed by atoms with van der Waals surface area (Å²) in [4.78, 5) is 24.7. The van der Waals surface area contributed by atoms with Crippen molar-refractivity contribution in [1.29, 1.82) is 0 Å². The predicted molar refractivity (Wildman–Crippen MR) is 113 cm³/mol. The number of Topliss-reactive ketones (excluding diaryl/α,β-unsaturated/α-hetero) is 1. The highest BCUT2D eigenvalue weighted by atomic mass is 35.5. The maximum Gasteiger partial charge on any atom is 0.342 e. The lowest BCUT2D eigenvalue weighted by atomic mass is 10.1. The zero-order chi connectivity index (χ0) is 20.8. The average molecular weight is 450 g/mol. The summed E-state index contributed by atoms with van der Waals surface area (Å²) in [7, 11) is 0. The smallest absolute Gasteiger partial charge is 0.342 e. The van der Waals surface area contributed by atoms with E-state index in [2.05, 4.69) is 0 Å². The first-order chi connectivity index (χ1) is 13.9. The van der Waals surface area contributed by atoms with Gasteiger partial charge in [-0.1, -0.05) is 65.1 Å². The lowest BCUT2D eigenvalue weighted by Crippen LogP contribution is -2.15. The molecule has 0 bridgehead atoms. The first-order valence-corrected chi connectivity index (χ1v) is 9.69. The molecule has 0 aromatic heterocycles. The van der Waals surface area contributed by atoms with Gasteiger partial charge in [-0.25, -0.2) is 4.79 Å². The molecule has 0 aliphatic carbocycles. The first-order valence-electron chi connectivity index (χ1n) is 8.55. The molecule has 0 aliphatic heterocycles. The first kappa shape index (κ1) is 21.2. The molecule has 148 valence electrons. The molecule has 7 heteroatoms. The lowest BCUT2D eigenvalue weighted by Gasteiger charge is -2.12. The van der Waals surface area contributed by atoms with Crippen LogP contribution in [0.25, 0.3) is 0 Å². The summed E-state index contributed by atoms with van der Waals surface area (Å²) < 4.78 is 10.9. The number of esters is 1. The largest absolute Gasteiger partial charge is 0.488 e. The second-order valence-electron chi connectivity index (χ2n) is 6.03. The van der Waals surface area contributed by atoms with Crippen LogP contribution in [0.3, 0.4) is 0 Å². The van der Waals surface area contributed by atoms with Crippen molar-refractivity contribution in [3.63, 3.8) is 0 Å². The topological polar surface area (TPSA) is 52.6 Å². The molecule has 3 rings (SSSR count). The van der Waals surface area contributed by atoms with Crippen molar-refractivity contribution in [2.24, 2.45) is 0 Å². The SMILES string of the molecule is O=C(COC(=O)c1ccccc1OCc1ccc(Cl)cc1Cl)c1cccc(Cl)c1. The van der Waals surface area contributed by atoms with Gasteiger partial charge in [0.25, 0.3) is 0 Å². The maximum absolute atomic E-state index is 12.5. The molecule has 0 saturated carbocycles. The second-order valence-corrected chi connectivity index (χ2v) is 7.31. The van der Waals surface area contributed by atoms with Crippen LogP contribution in [0.4, 0.5) is 0 Å². The Morgan fingerprint density at radius 1 is 0.828 bits per heavy atom. The highest BCUT2D eigenvalue weighted by Gasteiger charge is 2.16. The van der Waals surface area contributed by atoms with Gasteiger partial charge >= 0.3 is 5.97 Å². The van der Waals surface area contributed by atoms with Crippen LogP contribution in [0, 0.1) is 0 Å². The number of carbonyl (C=O) groups excluding carboxylic acids is 2. The van der Waals surface area contributed by atoms with E-state index in [1.807, 2.05) is 0 Å². The molecule has 0 radical (unpaired) electrons. The molecule has 3 aromatic carbocycles. The van der Waals surface area contributed by atoms with Gasteiger partial charge in [-0.05, 0) is 36.4 Å². The van der Waals surface area contributed by atoms with Crippen LogP contribution >= 0.6 is 34.8 Å². The van der Waals surface area contributed by atoms with Crippen molar-refractivity contribution in [2.45, 2.75) is 6.61 Å². The van der Waals surface area contributed by atoms with Crippen LogP contribution in [0.2, 0.25) is 15.1 Å². The van der Waals surface area contributed by atoms with Gasteiger partial charge in [0.05, 0.1) is 0 Å². The number of benzene rings is 3. The minimum Gasteiger partial charge on any atom is -0.488 e. The van der Waals surface area contributed by atoms with Crippen molar-refractivity contribution in [1.82, 2.24) is 0 Å². The standard InChI is InChI=1S/C22H15Cl3O4/c23-16-5-3-4-14(10-16)20(26)13-29-22(27)18-6-1-2-7-21(18)28-12-15-8-9-17(24)11-19(15)25/h1-11H,12-13H2. The summed E-state index contributed by atoms with van der Waals surface area (Å²) in [6.07, 6.45) is 0. The fourth-order valence-corrected chi connectivity index (χ4v) is 3.16. The van der Waals surface area contributed by atoms with E-state index in [1.165, 1.54) is 6.07 Å². The lowest BCUT2D eigenvalue weighted by molar-refractivity contribution is 0.0470. The van der Waals surface area contributed by atoms with E-state index in [1.54, 1.807) is 60.7 Å².